The summed E-state index contributed by atoms with van der Waals surface area (Å²) < 4.78 is 39.0. The van der Waals surface area contributed by atoms with E-state index in [0.29, 0.717) is 0 Å². The van der Waals surface area contributed by atoms with Crippen LogP contribution in [0.3, 0.4) is 0 Å². The first-order chi connectivity index (χ1) is 7.71. The van der Waals surface area contributed by atoms with Crippen molar-refractivity contribution in [1.82, 2.24) is 0 Å². The molecule has 0 aliphatic rings. The maximum Gasteiger partial charge on any atom is 0.424 e. The topological polar surface area (TPSA) is 40.5 Å². The van der Waals surface area contributed by atoms with Gasteiger partial charge < -0.3 is 10.2 Å². The highest BCUT2D eigenvalue weighted by atomic mass is 19.4. The molecule has 2 N–H and O–H groups in total. The molecule has 1 aromatic rings. The van der Waals surface area contributed by atoms with Crippen molar-refractivity contribution in [1.29, 1.82) is 0 Å². The lowest BCUT2D eigenvalue weighted by Gasteiger charge is -2.37. The third-order valence-electron chi connectivity index (χ3n) is 2.71. The smallest absolute Gasteiger partial charge is 0.389 e. The lowest BCUT2D eigenvalue weighted by Crippen LogP contribution is -2.53. The molecule has 2 atom stereocenters. The van der Waals surface area contributed by atoms with Crippen LogP contribution in [0.4, 0.5) is 13.2 Å². The molecule has 0 aliphatic heterocycles. The molecule has 0 aliphatic carbocycles. The minimum atomic E-state index is -4.93. The number of hydrogen-bond acceptors (Lipinski definition) is 2. The SMILES string of the molecule is CC(C)C(O)C(O)(c1ccccc1)C(F)(F)F. The highest BCUT2D eigenvalue weighted by Crippen LogP contribution is 2.43. The minimum Gasteiger partial charge on any atom is -0.389 e. The molecule has 0 amide bonds. The van der Waals surface area contributed by atoms with E-state index < -0.39 is 23.8 Å². The van der Waals surface area contributed by atoms with Gasteiger partial charge in [-0.2, -0.15) is 13.2 Å². The molecule has 2 nitrogen and oxygen atoms in total. The zero-order valence-corrected chi connectivity index (χ0v) is 9.57. The van der Waals surface area contributed by atoms with Gasteiger partial charge in [0.25, 0.3) is 0 Å². The normalized spacial score (nSPS) is 17.9. The molecule has 1 rings (SSSR count). The second-order valence-corrected chi connectivity index (χ2v) is 4.32. The fraction of sp³-hybridized carbons (Fsp3) is 0.500. The van der Waals surface area contributed by atoms with Crippen LogP contribution in [0.15, 0.2) is 30.3 Å². The summed E-state index contributed by atoms with van der Waals surface area (Å²) in [6.45, 7) is 2.84. The van der Waals surface area contributed by atoms with E-state index in [0.717, 1.165) is 12.1 Å². The Kier molecular flexibility index (Phi) is 3.84. The number of aliphatic hydroxyl groups is 2. The lowest BCUT2D eigenvalue weighted by atomic mass is 9.82. The summed E-state index contributed by atoms with van der Waals surface area (Å²) in [5, 5.41) is 19.5. The van der Waals surface area contributed by atoms with Crippen LogP contribution in [0.2, 0.25) is 0 Å². The maximum atomic E-state index is 13.0. The van der Waals surface area contributed by atoms with E-state index in [9.17, 15) is 23.4 Å². The van der Waals surface area contributed by atoms with Crippen molar-refractivity contribution in [3.63, 3.8) is 0 Å². The van der Waals surface area contributed by atoms with Crippen LogP contribution >= 0.6 is 0 Å². The Morgan fingerprint density at radius 3 is 1.88 bits per heavy atom. The van der Waals surface area contributed by atoms with Gasteiger partial charge in [-0.05, 0) is 11.5 Å². The van der Waals surface area contributed by atoms with Crippen molar-refractivity contribution in [2.45, 2.75) is 31.7 Å². The van der Waals surface area contributed by atoms with Gasteiger partial charge >= 0.3 is 6.18 Å². The molecule has 0 heterocycles. The summed E-state index contributed by atoms with van der Waals surface area (Å²) >= 11 is 0. The quantitative estimate of drug-likeness (QED) is 0.862. The molecule has 0 saturated heterocycles. The molecule has 2 unspecified atom stereocenters. The predicted octanol–water partition coefficient (Wildman–Crippen LogP) is 2.45. The Balaban J connectivity index is 3.31. The molecule has 0 bridgehead atoms. The molecular weight excluding hydrogens is 233 g/mol. The summed E-state index contributed by atoms with van der Waals surface area (Å²) in [4.78, 5) is 0. The van der Waals surface area contributed by atoms with E-state index >= 15 is 0 Å². The van der Waals surface area contributed by atoms with E-state index in [1.54, 1.807) is 6.07 Å². The summed E-state index contributed by atoms with van der Waals surface area (Å²) in [5.41, 5.74) is -3.59. The molecule has 0 radical (unpaired) electrons. The van der Waals surface area contributed by atoms with Gasteiger partial charge in [-0.15, -0.1) is 0 Å². The van der Waals surface area contributed by atoms with Crippen LogP contribution in [-0.4, -0.2) is 22.5 Å². The average Bonchev–Trinajstić information content (AvgIpc) is 2.26. The molecule has 5 heteroatoms. The monoisotopic (exact) mass is 248 g/mol. The van der Waals surface area contributed by atoms with Crippen molar-refractivity contribution in [3.8, 4) is 0 Å². The number of rotatable bonds is 3. The maximum absolute atomic E-state index is 13.0. The molecule has 0 spiro atoms. The van der Waals surface area contributed by atoms with E-state index in [1.165, 1.54) is 26.0 Å². The van der Waals surface area contributed by atoms with Gasteiger partial charge in [0.2, 0.25) is 5.60 Å². The van der Waals surface area contributed by atoms with Gasteiger partial charge in [-0.1, -0.05) is 44.2 Å². The Hall–Kier alpha value is -1.07. The Morgan fingerprint density at radius 2 is 1.53 bits per heavy atom. The highest BCUT2D eigenvalue weighted by molar-refractivity contribution is 5.26. The second kappa shape index (κ2) is 4.66. The summed E-state index contributed by atoms with van der Waals surface area (Å²) in [5.74, 6) is -0.721. The first-order valence-electron chi connectivity index (χ1n) is 5.24. The van der Waals surface area contributed by atoms with Gasteiger partial charge in [0.05, 0.1) is 6.10 Å². The molecule has 0 saturated carbocycles. The van der Waals surface area contributed by atoms with E-state index in [2.05, 4.69) is 0 Å². The van der Waals surface area contributed by atoms with Gasteiger partial charge in [0.15, 0.2) is 0 Å². The highest BCUT2D eigenvalue weighted by Gasteiger charge is 2.60. The molecule has 0 aromatic heterocycles. The van der Waals surface area contributed by atoms with Crippen molar-refractivity contribution < 1.29 is 23.4 Å². The van der Waals surface area contributed by atoms with Crippen LogP contribution in [0, 0.1) is 5.92 Å². The van der Waals surface area contributed by atoms with Gasteiger partial charge in [-0.25, -0.2) is 0 Å². The van der Waals surface area contributed by atoms with Crippen LogP contribution < -0.4 is 0 Å². The fourth-order valence-corrected chi connectivity index (χ4v) is 1.68. The zero-order valence-electron chi connectivity index (χ0n) is 9.57. The third-order valence-corrected chi connectivity index (χ3v) is 2.71. The van der Waals surface area contributed by atoms with Crippen LogP contribution in [0.1, 0.15) is 19.4 Å². The fourth-order valence-electron chi connectivity index (χ4n) is 1.68. The molecular formula is C12H15F3O2. The minimum absolute atomic E-state index is 0.353. The lowest BCUT2D eigenvalue weighted by molar-refractivity contribution is -0.303. The standard InChI is InChI=1S/C12H15F3O2/c1-8(2)10(16)11(17,12(13,14)15)9-6-4-3-5-7-9/h3-8,10,16-17H,1-2H3. The summed E-state index contributed by atoms with van der Waals surface area (Å²) in [7, 11) is 0. The predicted molar refractivity (Wildman–Crippen MR) is 57.2 cm³/mol. The van der Waals surface area contributed by atoms with Crippen molar-refractivity contribution >= 4 is 0 Å². The van der Waals surface area contributed by atoms with Gasteiger partial charge in [0, 0.05) is 0 Å². The molecule has 0 fully saturated rings. The zero-order chi connectivity index (χ0) is 13.3. The van der Waals surface area contributed by atoms with Crippen molar-refractivity contribution in [3.05, 3.63) is 35.9 Å². The Bertz CT molecular complexity index is 362. The number of halogens is 3. The molecule has 1 aromatic carbocycles. The van der Waals surface area contributed by atoms with Crippen LogP contribution in [0.5, 0.6) is 0 Å². The second-order valence-electron chi connectivity index (χ2n) is 4.32. The Labute approximate surface area is 97.7 Å². The molecule has 17 heavy (non-hydrogen) atoms. The number of benzene rings is 1. The first-order valence-corrected chi connectivity index (χ1v) is 5.24. The van der Waals surface area contributed by atoms with Gasteiger partial charge in [0.1, 0.15) is 0 Å². The van der Waals surface area contributed by atoms with Gasteiger partial charge in [-0.3, -0.25) is 0 Å². The van der Waals surface area contributed by atoms with E-state index in [-0.39, 0.29) is 5.56 Å². The average molecular weight is 248 g/mol. The van der Waals surface area contributed by atoms with E-state index in [1.807, 2.05) is 0 Å². The van der Waals surface area contributed by atoms with Crippen molar-refractivity contribution in [2.24, 2.45) is 5.92 Å². The van der Waals surface area contributed by atoms with E-state index in [4.69, 9.17) is 0 Å². The van der Waals surface area contributed by atoms with Crippen LogP contribution in [0.25, 0.3) is 0 Å². The third kappa shape index (κ3) is 2.45. The van der Waals surface area contributed by atoms with Crippen LogP contribution in [-0.2, 0) is 5.60 Å². The summed E-state index contributed by atoms with van der Waals surface area (Å²) in [6, 6.07) is 6.62. The number of hydrogen-bond donors (Lipinski definition) is 2. The number of alkyl halides is 3. The Morgan fingerprint density at radius 1 is 1.06 bits per heavy atom. The summed E-state index contributed by atoms with van der Waals surface area (Å²) in [6.07, 6.45) is -6.84. The molecule has 96 valence electrons. The largest absolute Gasteiger partial charge is 0.424 e. The number of aliphatic hydroxyl groups excluding tert-OH is 1. The van der Waals surface area contributed by atoms with Crippen molar-refractivity contribution in [2.75, 3.05) is 0 Å². The first kappa shape index (κ1) is 14.0.